The molecule has 2 aromatic heterocycles. The number of pyridine rings is 1. The van der Waals surface area contributed by atoms with E-state index in [9.17, 15) is 0 Å². The quantitative estimate of drug-likeness (QED) is 0.556. The van der Waals surface area contributed by atoms with Crippen LogP contribution in [0.25, 0.3) is 23.1 Å². The smallest absolute Gasteiger partial charge is 0.220 e. The summed E-state index contributed by atoms with van der Waals surface area (Å²) < 4.78 is 11.2. The lowest BCUT2D eigenvalue weighted by Gasteiger charge is -2.08. The third-order valence-electron chi connectivity index (χ3n) is 3.91. The second kappa shape index (κ2) is 6.88. The first kappa shape index (κ1) is 16.9. The standard InChI is InChI=1S/C19H17Cl2NO2/c1-4-12-9-13(19(23-3)22-11(12)2)5-6-14-10-15-16(20)7-8-17(21)18(15)24-14/h5-10H,4H2,1-3H3. The number of furan rings is 1. The first-order valence-electron chi connectivity index (χ1n) is 7.63. The van der Waals surface area contributed by atoms with Gasteiger partial charge in [-0.15, -0.1) is 0 Å². The molecule has 0 amide bonds. The molecule has 0 saturated carbocycles. The summed E-state index contributed by atoms with van der Waals surface area (Å²) in [7, 11) is 1.62. The highest BCUT2D eigenvalue weighted by molar-refractivity contribution is 6.39. The molecule has 0 saturated heterocycles. The number of aromatic nitrogens is 1. The number of fused-ring (bicyclic) bond motifs is 1. The Morgan fingerprint density at radius 1 is 1.17 bits per heavy atom. The molecule has 0 spiro atoms. The Kier molecular flexibility index (Phi) is 4.83. The lowest BCUT2D eigenvalue weighted by atomic mass is 10.1. The molecule has 0 aliphatic carbocycles. The van der Waals surface area contributed by atoms with Gasteiger partial charge in [0.2, 0.25) is 5.88 Å². The van der Waals surface area contributed by atoms with Crippen LogP contribution in [0.2, 0.25) is 10.0 Å². The second-order valence-corrected chi connectivity index (χ2v) is 6.25. The zero-order chi connectivity index (χ0) is 17.3. The summed E-state index contributed by atoms with van der Waals surface area (Å²) in [5.41, 5.74) is 3.66. The Labute approximate surface area is 150 Å². The van der Waals surface area contributed by atoms with Crippen LogP contribution in [0.3, 0.4) is 0 Å². The van der Waals surface area contributed by atoms with Gasteiger partial charge in [0.25, 0.3) is 0 Å². The van der Waals surface area contributed by atoms with E-state index in [1.54, 1.807) is 19.2 Å². The number of nitrogens with zero attached hydrogens (tertiary/aromatic N) is 1. The van der Waals surface area contributed by atoms with E-state index in [2.05, 4.69) is 18.0 Å². The van der Waals surface area contributed by atoms with Crippen LogP contribution in [0.15, 0.2) is 28.7 Å². The van der Waals surface area contributed by atoms with E-state index in [4.69, 9.17) is 32.4 Å². The van der Waals surface area contributed by atoms with Gasteiger partial charge < -0.3 is 9.15 Å². The van der Waals surface area contributed by atoms with Crippen molar-refractivity contribution in [3.8, 4) is 5.88 Å². The van der Waals surface area contributed by atoms with E-state index in [0.717, 1.165) is 23.1 Å². The molecule has 0 bridgehead atoms. The van der Waals surface area contributed by atoms with Gasteiger partial charge in [-0.2, -0.15) is 0 Å². The fraction of sp³-hybridized carbons (Fsp3) is 0.211. The summed E-state index contributed by atoms with van der Waals surface area (Å²) in [6.07, 6.45) is 4.70. The number of hydrogen-bond acceptors (Lipinski definition) is 3. The Balaban J connectivity index is 2.02. The summed E-state index contributed by atoms with van der Waals surface area (Å²) in [5.74, 6) is 1.26. The number of hydrogen-bond donors (Lipinski definition) is 0. The van der Waals surface area contributed by atoms with Crippen molar-refractivity contribution in [1.29, 1.82) is 0 Å². The van der Waals surface area contributed by atoms with E-state index in [-0.39, 0.29) is 0 Å². The molecule has 5 heteroatoms. The second-order valence-electron chi connectivity index (χ2n) is 5.44. The van der Waals surface area contributed by atoms with E-state index in [1.807, 2.05) is 25.1 Å². The van der Waals surface area contributed by atoms with Crippen LogP contribution >= 0.6 is 23.2 Å². The average Bonchev–Trinajstić information content (AvgIpc) is 3.02. The third-order valence-corrected chi connectivity index (χ3v) is 4.54. The largest absolute Gasteiger partial charge is 0.481 e. The number of aryl methyl sites for hydroxylation is 2. The van der Waals surface area contributed by atoms with E-state index in [0.29, 0.717) is 27.3 Å². The predicted molar refractivity (Wildman–Crippen MR) is 100 cm³/mol. The number of methoxy groups -OCH3 is 1. The zero-order valence-corrected chi connectivity index (χ0v) is 15.2. The van der Waals surface area contributed by atoms with Crippen LogP contribution in [0.5, 0.6) is 5.88 Å². The summed E-state index contributed by atoms with van der Waals surface area (Å²) in [6, 6.07) is 7.44. The van der Waals surface area contributed by atoms with Gasteiger partial charge in [0, 0.05) is 16.6 Å². The molecule has 0 N–H and O–H groups in total. The van der Waals surface area contributed by atoms with E-state index < -0.39 is 0 Å². The molecule has 124 valence electrons. The summed E-state index contributed by atoms with van der Waals surface area (Å²) in [5, 5.41) is 1.95. The van der Waals surface area contributed by atoms with Crippen molar-refractivity contribution in [2.45, 2.75) is 20.3 Å². The number of rotatable bonds is 4. The van der Waals surface area contributed by atoms with Gasteiger partial charge in [-0.25, -0.2) is 4.98 Å². The van der Waals surface area contributed by atoms with Gasteiger partial charge >= 0.3 is 0 Å². The summed E-state index contributed by atoms with van der Waals surface area (Å²) >= 11 is 12.3. The molecule has 0 aliphatic rings. The fourth-order valence-electron chi connectivity index (χ4n) is 2.61. The van der Waals surface area contributed by atoms with Crippen LogP contribution < -0.4 is 4.74 Å². The molecular weight excluding hydrogens is 345 g/mol. The Hall–Kier alpha value is -1.97. The monoisotopic (exact) mass is 361 g/mol. The van der Waals surface area contributed by atoms with Crippen molar-refractivity contribution < 1.29 is 9.15 Å². The minimum absolute atomic E-state index is 0.539. The van der Waals surface area contributed by atoms with Gasteiger partial charge in [-0.1, -0.05) is 30.1 Å². The fourth-order valence-corrected chi connectivity index (χ4v) is 3.02. The highest BCUT2D eigenvalue weighted by Gasteiger charge is 2.10. The minimum Gasteiger partial charge on any atom is -0.481 e. The molecule has 0 aliphatic heterocycles. The molecule has 0 unspecified atom stereocenters. The molecule has 3 aromatic rings. The molecule has 1 aromatic carbocycles. The maximum Gasteiger partial charge on any atom is 0.220 e. The van der Waals surface area contributed by atoms with E-state index >= 15 is 0 Å². The van der Waals surface area contributed by atoms with Gasteiger partial charge in [0.1, 0.15) is 5.76 Å². The lowest BCUT2D eigenvalue weighted by molar-refractivity contribution is 0.395. The molecule has 3 nitrogen and oxygen atoms in total. The molecular formula is C19H17Cl2NO2. The number of ether oxygens (including phenoxy) is 1. The van der Waals surface area contributed by atoms with Crippen LogP contribution in [-0.2, 0) is 6.42 Å². The molecule has 2 heterocycles. The highest BCUT2D eigenvalue weighted by atomic mass is 35.5. The SMILES string of the molecule is CCc1cc(C=Cc2cc3c(Cl)ccc(Cl)c3o2)c(OC)nc1C. The first-order chi connectivity index (χ1) is 11.5. The average molecular weight is 362 g/mol. The van der Waals surface area contributed by atoms with Crippen molar-refractivity contribution in [1.82, 2.24) is 4.98 Å². The molecule has 3 rings (SSSR count). The van der Waals surface area contributed by atoms with Gasteiger partial charge in [0.15, 0.2) is 5.58 Å². The van der Waals surface area contributed by atoms with Gasteiger partial charge in [-0.05, 0) is 55.3 Å². The van der Waals surface area contributed by atoms with Gasteiger partial charge in [-0.3, -0.25) is 0 Å². The summed E-state index contributed by atoms with van der Waals surface area (Å²) in [4.78, 5) is 4.50. The Morgan fingerprint density at radius 3 is 2.58 bits per heavy atom. The predicted octanol–water partition coefficient (Wildman–Crippen LogP) is 6.18. The highest BCUT2D eigenvalue weighted by Crippen LogP contribution is 2.33. The van der Waals surface area contributed by atoms with Gasteiger partial charge in [0.05, 0.1) is 17.2 Å². The lowest BCUT2D eigenvalue weighted by Crippen LogP contribution is -1.97. The van der Waals surface area contributed by atoms with Crippen LogP contribution in [-0.4, -0.2) is 12.1 Å². The topological polar surface area (TPSA) is 35.3 Å². The molecule has 0 fully saturated rings. The Morgan fingerprint density at radius 2 is 1.92 bits per heavy atom. The van der Waals surface area contributed by atoms with Crippen LogP contribution in [0, 0.1) is 6.92 Å². The third kappa shape index (κ3) is 3.14. The molecule has 0 radical (unpaired) electrons. The van der Waals surface area contributed by atoms with Crippen molar-refractivity contribution in [2.75, 3.05) is 7.11 Å². The van der Waals surface area contributed by atoms with Crippen molar-refractivity contribution >= 4 is 46.3 Å². The number of benzene rings is 1. The van der Waals surface area contributed by atoms with Crippen LogP contribution in [0.1, 0.15) is 29.5 Å². The van der Waals surface area contributed by atoms with Crippen LogP contribution in [0.4, 0.5) is 0 Å². The van der Waals surface area contributed by atoms with Crippen molar-refractivity contribution in [3.05, 3.63) is 56.9 Å². The zero-order valence-electron chi connectivity index (χ0n) is 13.7. The molecule has 0 atom stereocenters. The minimum atomic E-state index is 0.539. The summed E-state index contributed by atoms with van der Waals surface area (Å²) in [6.45, 7) is 4.09. The first-order valence-corrected chi connectivity index (χ1v) is 8.39. The Bertz CT molecular complexity index is 890. The van der Waals surface area contributed by atoms with E-state index in [1.165, 1.54) is 5.56 Å². The maximum atomic E-state index is 6.19. The normalized spacial score (nSPS) is 11.5. The maximum absolute atomic E-state index is 6.19. The van der Waals surface area contributed by atoms with Crippen molar-refractivity contribution in [3.63, 3.8) is 0 Å². The molecule has 24 heavy (non-hydrogen) atoms. The number of halogens is 2. The van der Waals surface area contributed by atoms with Crippen molar-refractivity contribution in [2.24, 2.45) is 0 Å².